The van der Waals surface area contributed by atoms with Crippen molar-refractivity contribution < 1.29 is 9.59 Å². The molecule has 4 nitrogen and oxygen atoms in total. The summed E-state index contributed by atoms with van der Waals surface area (Å²) >= 11 is 0. The van der Waals surface area contributed by atoms with Crippen LogP contribution in [0, 0.1) is 5.92 Å². The van der Waals surface area contributed by atoms with Gasteiger partial charge in [-0.15, -0.1) is 0 Å². The fourth-order valence-corrected chi connectivity index (χ4v) is 2.58. The summed E-state index contributed by atoms with van der Waals surface area (Å²) in [5.41, 5.74) is 0. The molecule has 2 fully saturated rings. The van der Waals surface area contributed by atoms with E-state index in [2.05, 4.69) is 0 Å². The van der Waals surface area contributed by atoms with Crippen LogP contribution >= 0.6 is 0 Å². The molecule has 0 aromatic heterocycles. The number of carbonyl (C=O) groups is 2. The Kier molecular flexibility index (Phi) is 2.21. The van der Waals surface area contributed by atoms with Crippen molar-refractivity contribution in [2.45, 2.75) is 31.7 Å². The van der Waals surface area contributed by atoms with Crippen LogP contribution in [0.4, 0.5) is 4.79 Å². The third kappa shape index (κ3) is 1.21. The quantitative estimate of drug-likeness (QED) is 0.581. The topological polar surface area (TPSA) is 40.6 Å². The first-order valence-electron chi connectivity index (χ1n) is 5.17. The van der Waals surface area contributed by atoms with Crippen LogP contribution in [0.15, 0.2) is 0 Å². The Morgan fingerprint density at radius 3 is 2.50 bits per heavy atom. The van der Waals surface area contributed by atoms with E-state index < -0.39 is 0 Å². The molecular weight excluding hydrogens is 180 g/mol. The van der Waals surface area contributed by atoms with E-state index in [9.17, 15) is 9.59 Å². The highest BCUT2D eigenvalue weighted by Gasteiger charge is 2.43. The molecule has 0 aromatic rings. The summed E-state index contributed by atoms with van der Waals surface area (Å²) in [5.74, 6) is 0.0641. The minimum atomic E-state index is -0.154. The van der Waals surface area contributed by atoms with Gasteiger partial charge in [-0.2, -0.15) is 0 Å². The second kappa shape index (κ2) is 3.26. The summed E-state index contributed by atoms with van der Waals surface area (Å²) in [5, 5.41) is 0. The van der Waals surface area contributed by atoms with Crippen molar-refractivity contribution in [1.82, 2.24) is 9.80 Å². The van der Waals surface area contributed by atoms with Gasteiger partial charge in [-0.1, -0.05) is 12.8 Å². The Bertz CT molecular complexity index is 277. The van der Waals surface area contributed by atoms with Crippen LogP contribution in [0.5, 0.6) is 0 Å². The minimum absolute atomic E-state index is 0.0119. The lowest BCUT2D eigenvalue weighted by molar-refractivity contribution is -0.138. The first kappa shape index (κ1) is 9.49. The summed E-state index contributed by atoms with van der Waals surface area (Å²) in [4.78, 5) is 26.4. The standard InChI is InChI=1S/C10H16N2O2/c1-11-8-6-4-3-5-7(8)9(13)12(2)10(11)14/h7-8H,3-6H2,1-2H3. The van der Waals surface area contributed by atoms with Gasteiger partial charge in [0.1, 0.15) is 0 Å². The number of hydrogen-bond acceptors (Lipinski definition) is 2. The monoisotopic (exact) mass is 196 g/mol. The molecule has 0 radical (unpaired) electrons. The van der Waals surface area contributed by atoms with Crippen LogP contribution in [0.2, 0.25) is 0 Å². The zero-order valence-electron chi connectivity index (χ0n) is 8.69. The maximum Gasteiger partial charge on any atom is 0.326 e. The molecule has 2 rings (SSSR count). The van der Waals surface area contributed by atoms with E-state index in [1.54, 1.807) is 19.0 Å². The molecule has 0 N–H and O–H groups in total. The molecule has 1 heterocycles. The molecule has 3 amide bonds. The average molecular weight is 196 g/mol. The second-order valence-corrected chi connectivity index (χ2v) is 4.25. The summed E-state index contributed by atoms with van der Waals surface area (Å²) in [7, 11) is 3.38. The highest BCUT2D eigenvalue weighted by Crippen LogP contribution is 2.32. The molecule has 1 saturated carbocycles. The van der Waals surface area contributed by atoms with Gasteiger partial charge >= 0.3 is 6.03 Å². The lowest BCUT2D eigenvalue weighted by Crippen LogP contribution is -2.59. The van der Waals surface area contributed by atoms with Gasteiger partial charge in [0.05, 0.1) is 5.92 Å². The molecule has 1 aliphatic heterocycles. The number of fused-ring (bicyclic) bond motifs is 1. The van der Waals surface area contributed by atoms with Crippen molar-refractivity contribution in [3.05, 3.63) is 0 Å². The van der Waals surface area contributed by atoms with E-state index >= 15 is 0 Å². The van der Waals surface area contributed by atoms with Gasteiger partial charge in [-0.25, -0.2) is 4.79 Å². The van der Waals surface area contributed by atoms with Crippen molar-refractivity contribution in [2.75, 3.05) is 14.1 Å². The molecule has 1 saturated heterocycles. The third-order valence-electron chi connectivity index (χ3n) is 3.46. The number of nitrogens with zero attached hydrogens (tertiary/aromatic N) is 2. The van der Waals surface area contributed by atoms with Crippen LogP contribution in [-0.2, 0) is 4.79 Å². The molecule has 14 heavy (non-hydrogen) atoms. The molecule has 0 bridgehead atoms. The largest absolute Gasteiger partial charge is 0.326 e. The number of carbonyl (C=O) groups excluding carboxylic acids is 2. The van der Waals surface area contributed by atoms with Crippen LogP contribution in [0.3, 0.4) is 0 Å². The van der Waals surface area contributed by atoms with Crippen LogP contribution in [0.1, 0.15) is 25.7 Å². The minimum Gasteiger partial charge on any atom is -0.324 e. The van der Waals surface area contributed by atoms with Crippen molar-refractivity contribution in [2.24, 2.45) is 5.92 Å². The maximum atomic E-state index is 11.8. The van der Waals surface area contributed by atoms with Gasteiger partial charge in [-0.05, 0) is 12.8 Å². The molecule has 0 spiro atoms. The van der Waals surface area contributed by atoms with E-state index in [4.69, 9.17) is 0 Å². The average Bonchev–Trinajstić information content (AvgIpc) is 2.23. The Labute approximate surface area is 83.9 Å². The summed E-state index contributed by atoms with van der Waals surface area (Å²) in [6.07, 6.45) is 4.16. The fraction of sp³-hybridized carbons (Fsp3) is 0.800. The maximum absolute atomic E-state index is 11.8. The van der Waals surface area contributed by atoms with E-state index in [-0.39, 0.29) is 23.9 Å². The molecule has 1 aliphatic carbocycles. The van der Waals surface area contributed by atoms with E-state index in [1.165, 1.54) is 4.90 Å². The Balaban J connectivity index is 2.25. The summed E-state index contributed by atoms with van der Waals surface area (Å²) in [6.45, 7) is 0. The smallest absolute Gasteiger partial charge is 0.324 e. The number of amides is 3. The molecule has 78 valence electrons. The Morgan fingerprint density at radius 1 is 1.14 bits per heavy atom. The van der Waals surface area contributed by atoms with Gasteiger partial charge in [0, 0.05) is 20.1 Å². The molecule has 2 aliphatic rings. The Morgan fingerprint density at radius 2 is 1.79 bits per heavy atom. The van der Waals surface area contributed by atoms with Gasteiger partial charge in [0.25, 0.3) is 0 Å². The van der Waals surface area contributed by atoms with Gasteiger partial charge in [0.2, 0.25) is 5.91 Å². The fourth-order valence-electron chi connectivity index (χ4n) is 2.58. The van der Waals surface area contributed by atoms with Crippen molar-refractivity contribution in [3.63, 3.8) is 0 Å². The van der Waals surface area contributed by atoms with Crippen molar-refractivity contribution >= 4 is 11.9 Å². The molecule has 2 atom stereocenters. The first-order chi connectivity index (χ1) is 6.63. The third-order valence-corrected chi connectivity index (χ3v) is 3.46. The first-order valence-corrected chi connectivity index (χ1v) is 5.17. The van der Waals surface area contributed by atoms with Crippen molar-refractivity contribution in [3.8, 4) is 0 Å². The van der Waals surface area contributed by atoms with E-state index in [0.29, 0.717) is 0 Å². The summed E-state index contributed by atoms with van der Waals surface area (Å²) < 4.78 is 0. The zero-order chi connectivity index (χ0) is 10.3. The van der Waals surface area contributed by atoms with Crippen LogP contribution in [-0.4, -0.2) is 41.9 Å². The molecular formula is C10H16N2O2. The van der Waals surface area contributed by atoms with E-state index in [0.717, 1.165) is 25.7 Å². The van der Waals surface area contributed by atoms with Crippen LogP contribution in [0.25, 0.3) is 0 Å². The highest BCUT2D eigenvalue weighted by atomic mass is 16.2. The lowest BCUT2D eigenvalue weighted by atomic mass is 9.81. The van der Waals surface area contributed by atoms with Gasteiger partial charge < -0.3 is 4.90 Å². The zero-order valence-corrected chi connectivity index (χ0v) is 8.69. The predicted octanol–water partition coefficient (Wildman–Crippen LogP) is 1.07. The van der Waals surface area contributed by atoms with E-state index in [1.807, 2.05) is 0 Å². The second-order valence-electron chi connectivity index (χ2n) is 4.25. The summed E-state index contributed by atoms with van der Waals surface area (Å²) in [6, 6.07) is -0.00176. The predicted molar refractivity (Wildman–Crippen MR) is 51.7 cm³/mol. The number of rotatable bonds is 0. The highest BCUT2D eigenvalue weighted by molar-refractivity contribution is 5.98. The SMILES string of the molecule is CN1C(=O)C2CCCCC2N(C)C1=O. The normalized spacial score (nSPS) is 33.3. The lowest BCUT2D eigenvalue weighted by Gasteiger charge is -2.44. The molecule has 0 aromatic carbocycles. The number of hydrogen-bond donors (Lipinski definition) is 0. The molecule has 4 heteroatoms. The molecule has 2 unspecified atom stereocenters. The Hall–Kier alpha value is -1.06. The van der Waals surface area contributed by atoms with Gasteiger partial charge in [-0.3, -0.25) is 9.69 Å². The van der Waals surface area contributed by atoms with Crippen LogP contribution < -0.4 is 0 Å². The van der Waals surface area contributed by atoms with Gasteiger partial charge in [0.15, 0.2) is 0 Å². The number of urea groups is 1. The van der Waals surface area contributed by atoms with Crippen molar-refractivity contribution in [1.29, 1.82) is 0 Å². The number of imide groups is 1.